The van der Waals surface area contributed by atoms with E-state index in [1.54, 1.807) is 0 Å². The van der Waals surface area contributed by atoms with Gasteiger partial charge in [-0.2, -0.15) is 0 Å². The first-order valence-electron chi connectivity index (χ1n) is 2.91. The van der Waals surface area contributed by atoms with Crippen molar-refractivity contribution in [3.63, 3.8) is 0 Å². The predicted molar refractivity (Wildman–Crippen MR) is 43.6 cm³/mol. The Morgan fingerprint density at radius 3 is 2.42 bits per heavy atom. The first kappa shape index (κ1) is 9.48. The molecule has 66 valence electrons. The SMILES string of the molecule is Nc1cnc(C(F)F)c(Cl)c1Cl. The lowest BCUT2D eigenvalue weighted by Crippen LogP contribution is -1.96. The van der Waals surface area contributed by atoms with E-state index in [4.69, 9.17) is 28.9 Å². The number of alkyl halides is 2. The second kappa shape index (κ2) is 3.41. The summed E-state index contributed by atoms with van der Waals surface area (Å²) in [6, 6.07) is 0. The molecule has 0 saturated heterocycles. The molecule has 1 aromatic heterocycles. The van der Waals surface area contributed by atoms with Crippen molar-refractivity contribution in [3.05, 3.63) is 21.9 Å². The summed E-state index contributed by atoms with van der Waals surface area (Å²) in [5, 5.41) is -0.367. The number of nitrogens with two attached hydrogens (primary N) is 1. The third-order valence-corrected chi connectivity index (χ3v) is 2.11. The lowest BCUT2D eigenvalue weighted by atomic mass is 10.3. The molecule has 2 nitrogen and oxygen atoms in total. The van der Waals surface area contributed by atoms with Gasteiger partial charge in [-0.1, -0.05) is 23.2 Å². The molecule has 0 spiro atoms. The maximum atomic E-state index is 12.1. The summed E-state index contributed by atoms with van der Waals surface area (Å²) in [4.78, 5) is 3.35. The summed E-state index contributed by atoms with van der Waals surface area (Å²) in [7, 11) is 0. The molecule has 12 heavy (non-hydrogen) atoms. The molecule has 0 atom stereocenters. The van der Waals surface area contributed by atoms with Gasteiger partial charge in [0.05, 0.1) is 21.9 Å². The number of anilines is 1. The Bertz CT molecular complexity index is 304. The Balaban J connectivity index is 3.27. The summed E-state index contributed by atoms with van der Waals surface area (Å²) >= 11 is 10.9. The molecule has 0 saturated carbocycles. The van der Waals surface area contributed by atoms with E-state index in [-0.39, 0.29) is 15.7 Å². The smallest absolute Gasteiger partial charge is 0.281 e. The second-order valence-corrected chi connectivity index (χ2v) is 2.78. The number of hydrogen-bond acceptors (Lipinski definition) is 2. The molecular formula is C6H4Cl2F2N2. The Morgan fingerprint density at radius 2 is 1.92 bits per heavy atom. The molecule has 0 aliphatic carbocycles. The van der Waals surface area contributed by atoms with Crippen LogP contribution in [-0.2, 0) is 0 Å². The fourth-order valence-corrected chi connectivity index (χ4v) is 1.03. The molecule has 0 aromatic carbocycles. The van der Waals surface area contributed by atoms with Crippen molar-refractivity contribution >= 4 is 28.9 Å². The van der Waals surface area contributed by atoms with Crippen molar-refractivity contribution in [3.8, 4) is 0 Å². The molecule has 0 amide bonds. The average Bonchev–Trinajstić information content (AvgIpc) is 2.00. The van der Waals surface area contributed by atoms with Crippen LogP contribution in [0, 0.1) is 0 Å². The fourth-order valence-electron chi connectivity index (χ4n) is 0.644. The van der Waals surface area contributed by atoms with E-state index in [2.05, 4.69) is 4.98 Å². The molecule has 0 bridgehead atoms. The number of nitrogens with zero attached hydrogens (tertiary/aromatic N) is 1. The minimum atomic E-state index is -2.74. The Hall–Kier alpha value is -0.610. The van der Waals surface area contributed by atoms with E-state index in [0.29, 0.717) is 0 Å². The molecular weight excluding hydrogens is 209 g/mol. The van der Waals surface area contributed by atoms with Gasteiger partial charge >= 0.3 is 0 Å². The minimum absolute atomic E-state index is 0.0815. The average molecular weight is 213 g/mol. The molecule has 0 aliphatic rings. The highest BCUT2D eigenvalue weighted by atomic mass is 35.5. The zero-order valence-electron chi connectivity index (χ0n) is 5.69. The van der Waals surface area contributed by atoms with Gasteiger partial charge in [0.1, 0.15) is 5.69 Å². The summed E-state index contributed by atoms with van der Waals surface area (Å²) in [6.07, 6.45) is -1.69. The largest absolute Gasteiger partial charge is 0.396 e. The highest BCUT2D eigenvalue weighted by Crippen LogP contribution is 2.33. The van der Waals surface area contributed by atoms with Crippen molar-refractivity contribution in [2.45, 2.75) is 6.43 Å². The molecule has 6 heteroatoms. The minimum Gasteiger partial charge on any atom is -0.396 e. The standard InChI is InChI=1S/C6H4Cl2F2N2/c7-3-2(11)1-12-5(4(3)8)6(9)10/h1,6H,11H2. The molecule has 0 fully saturated rings. The normalized spacial score (nSPS) is 10.8. The molecule has 0 unspecified atom stereocenters. The van der Waals surface area contributed by atoms with Gasteiger partial charge in [-0.25, -0.2) is 8.78 Å². The van der Waals surface area contributed by atoms with Crippen molar-refractivity contribution in [2.75, 3.05) is 5.73 Å². The lowest BCUT2D eigenvalue weighted by molar-refractivity contribution is 0.146. The first-order chi connectivity index (χ1) is 5.54. The first-order valence-corrected chi connectivity index (χ1v) is 3.67. The quantitative estimate of drug-likeness (QED) is 0.778. The van der Waals surface area contributed by atoms with Gasteiger partial charge in [-0.05, 0) is 0 Å². The monoisotopic (exact) mass is 212 g/mol. The maximum absolute atomic E-state index is 12.1. The third kappa shape index (κ3) is 1.59. The number of pyridine rings is 1. The molecule has 1 rings (SSSR count). The summed E-state index contributed by atoms with van der Waals surface area (Å²) in [5.41, 5.74) is 4.81. The molecule has 1 heterocycles. The van der Waals surface area contributed by atoms with Gasteiger partial charge < -0.3 is 5.73 Å². The van der Waals surface area contributed by atoms with Gasteiger partial charge in [-0.3, -0.25) is 4.98 Å². The van der Waals surface area contributed by atoms with E-state index in [0.717, 1.165) is 6.20 Å². The van der Waals surface area contributed by atoms with Crippen LogP contribution in [0.3, 0.4) is 0 Å². The van der Waals surface area contributed by atoms with Gasteiger partial charge in [0.2, 0.25) is 0 Å². The van der Waals surface area contributed by atoms with Crippen LogP contribution in [0.2, 0.25) is 10.0 Å². The Labute approximate surface area is 77.3 Å². The van der Waals surface area contributed by atoms with E-state index in [1.807, 2.05) is 0 Å². The van der Waals surface area contributed by atoms with Gasteiger partial charge in [0.25, 0.3) is 6.43 Å². The van der Waals surface area contributed by atoms with Crippen LogP contribution in [0.15, 0.2) is 6.20 Å². The van der Waals surface area contributed by atoms with Crippen LogP contribution < -0.4 is 5.73 Å². The zero-order chi connectivity index (χ0) is 9.30. The van der Waals surface area contributed by atoms with E-state index in [9.17, 15) is 8.78 Å². The molecule has 0 aliphatic heterocycles. The van der Waals surface area contributed by atoms with Crippen LogP contribution >= 0.6 is 23.2 Å². The highest BCUT2D eigenvalue weighted by molar-refractivity contribution is 6.43. The van der Waals surface area contributed by atoms with Crippen molar-refractivity contribution in [2.24, 2.45) is 0 Å². The van der Waals surface area contributed by atoms with Crippen LogP contribution in [0.25, 0.3) is 0 Å². The number of halogens is 4. The van der Waals surface area contributed by atoms with Gasteiger partial charge in [-0.15, -0.1) is 0 Å². The Kier molecular flexibility index (Phi) is 2.69. The van der Waals surface area contributed by atoms with E-state index >= 15 is 0 Å². The topological polar surface area (TPSA) is 38.9 Å². The van der Waals surface area contributed by atoms with Crippen molar-refractivity contribution in [1.82, 2.24) is 4.98 Å². The molecule has 2 N–H and O–H groups in total. The number of hydrogen-bond donors (Lipinski definition) is 1. The number of aromatic nitrogens is 1. The van der Waals surface area contributed by atoms with Crippen LogP contribution in [0.1, 0.15) is 12.1 Å². The van der Waals surface area contributed by atoms with Crippen molar-refractivity contribution < 1.29 is 8.78 Å². The van der Waals surface area contributed by atoms with Crippen LogP contribution in [0.5, 0.6) is 0 Å². The van der Waals surface area contributed by atoms with Crippen LogP contribution in [0.4, 0.5) is 14.5 Å². The Morgan fingerprint density at radius 1 is 1.33 bits per heavy atom. The summed E-state index contributed by atoms with van der Waals surface area (Å²) in [5.74, 6) is 0. The molecule has 0 radical (unpaired) electrons. The highest BCUT2D eigenvalue weighted by Gasteiger charge is 2.17. The maximum Gasteiger partial charge on any atom is 0.281 e. The summed E-state index contributed by atoms with van der Waals surface area (Å²) < 4.78 is 24.2. The summed E-state index contributed by atoms with van der Waals surface area (Å²) in [6.45, 7) is 0. The van der Waals surface area contributed by atoms with E-state index < -0.39 is 12.1 Å². The van der Waals surface area contributed by atoms with Crippen LogP contribution in [-0.4, -0.2) is 4.98 Å². The lowest BCUT2D eigenvalue weighted by Gasteiger charge is -2.04. The predicted octanol–water partition coefficient (Wildman–Crippen LogP) is 2.91. The fraction of sp³-hybridized carbons (Fsp3) is 0.167. The van der Waals surface area contributed by atoms with Gasteiger partial charge in [0, 0.05) is 0 Å². The number of rotatable bonds is 1. The van der Waals surface area contributed by atoms with Crippen molar-refractivity contribution in [1.29, 1.82) is 0 Å². The zero-order valence-corrected chi connectivity index (χ0v) is 7.20. The second-order valence-electron chi connectivity index (χ2n) is 2.03. The van der Waals surface area contributed by atoms with E-state index in [1.165, 1.54) is 0 Å². The molecule has 1 aromatic rings. The number of nitrogen functional groups attached to an aromatic ring is 1. The van der Waals surface area contributed by atoms with Gasteiger partial charge in [0.15, 0.2) is 0 Å². The third-order valence-electron chi connectivity index (χ3n) is 1.22.